The van der Waals surface area contributed by atoms with E-state index in [2.05, 4.69) is 35.1 Å². The SMILES string of the molecule is Cc1ccc(C(=O)Cc2ccc(CN3CCN(C)CC3)c(C(F)(F)F)c2)cc1Nc1nc(-c2cccnc2)nc2nc[nH]c12. The number of Topliss-reactive ketones (excluding diaryl/α,β-unsaturated/α-hetero) is 1. The van der Waals surface area contributed by atoms with Gasteiger partial charge in [0.15, 0.2) is 23.1 Å². The van der Waals surface area contributed by atoms with Crippen molar-refractivity contribution >= 4 is 28.5 Å². The maximum absolute atomic E-state index is 14.1. The number of aromatic amines is 1. The molecule has 3 aromatic heterocycles. The van der Waals surface area contributed by atoms with Gasteiger partial charge in [-0.1, -0.05) is 24.3 Å². The van der Waals surface area contributed by atoms with E-state index in [1.165, 1.54) is 12.4 Å². The molecule has 0 unspecified atom stereocenters. The number of carbonyl (C=O) groups is 1. The Morgan fingerprint density at radius 1 is 1.05 bits per heavy atom. The van der Waals surface area contributed by atoms with E-state index < -0.39 is 11.7 Å². The number of benzene rings is 2. The van der Waals surface area contributed by atoms with Crippen molar-refractivity contribution in [3.8, 4) is 11.4 Å². The zero-order valence-corrected chi connectivity index (χ0v) is 24.3. The van der Waals surface area contributed by atoms with Gasteiger partial charge in [0.2, 0.25) is 0 Å². The number of aryl methyl sites for hydroxylation is 1. The molecule has 0 saturated carbocycles. The summed E-state index contributed by atoms with van der Waals surface area (Å²) in [6, 6.07) is 13.1. The fourth-order valence-electron chi connectivity index (χ4n) is 5.28. The molecule has 2 N–H and O–H groups in total. The maximum Gasteiger partial charge on any atom is 0.416 e. The number of pyridine rings is 1. The molecule has 4 heterocycles. The van der Waals surface area contributed by atoms with Crippen LogP contribution in [0.5, 0.6) is 0 Å². The number of nitrogens with one attached hydrogen (secondary N) is 2. The fourth-order valence-corrected chi connectivity index (χ4v) is 5.28. The Balaban J connectivity index is 1.24. The highest BCUT2D eigenvalue weighted by molar-refractivity contribution is 5.99. The largest absolute Gasteiger partial charge is 0.416 e. The van der Waals surface area contributed by atoms with Crippen LogP contribution in [0.1, 0.15) is 32.6 Å². The molecular formula is C32H31F3N8O. The number of halogens is 3. The molecular weight excluding hydrogens is 569 g/mol. The standard InChI is InChI=1S/C32H31F3N8O/c1-20-5-7-22(16-26(20)39-31-28-30(38-19-37-28)40-29(41-31)23-4-3-9-36-17-23)27(44)15-21-6-8-24(25(14-21)32(33,34)35)18-43-12-10-42(2)11-13-43/h3-9,14,16-17,19H,10-13,15,18H2,1-2H3,(H2,37,38,39,40,41). The number of imidazole rings is 1. The summed E-state index contributed by atoms with van der Waals surface area (Å²) in [5.74, 6) is 0.602. The van der Waals surface area contributed by atoms with Crippen LogP contribution in [0.25, 0.3) is 22.6 Å². The monoisotopic (exact) mass is 600 g/mol. The smallest absolute Gasteiger partial charge is 0.340 e. The van der Waals surface area contributed by atoms with E-state index in [0.29, 0.717) is 58.3 Å². The first kappa shape index (κ1) is 29.4. The molecule has 5 aromatic rings. The van der Waals surface area contributed by atoms with E-state index in [4.69, 9.17) is 0 Å². The van der Waals surface area contributed by atoms with E-state index in [-0.39, 0.29) is 24.3 Å². The Kier molecular flexibility index (Phi) is 8.11. The van der Waals surface area contributed by atoms with E-state index in [1.54, 1.807) is 42.7 Å². The number of likely N-dealkylation sites (N-methyl/N-ethyl adjacent to an activating group) is 1. The highest BCUT2D eigenvalue weighted by Crippen LogP contribution is 2.34. The zero-order chi connectivity index (χ0) is 30.8. The fraction of sp³-hybridized carbons (Fsp3) is 0.281. The van der Waals surface area contributed by atoms with Crippen LogP contribution in [0, 0.1) is 6.92 Å². The van der Waals surface area contributed by atoms with Crippen LogP contribution in [0.15, 0.2) is 67.3 Å². The number of rotatable bonds is 8. The van der Waals surface area contributed by atoms with Crippen molar-refractivity contribution < 1.29 is 18.0 Å². The van der Waals surface area contributed by atoms with Crippen LogP contribution in [0.4, 0.5) is 24.7 Å². The van der Waals surface area contributed by atoms with Gasteiger partial charge in [0.25, 0.3) is 0 Å². The Bertz CT molecular complexity index is 1800. The molecule has 1 aliphatic rings. The van der Waals surface area contributed by atoms with E-state index in [0.717, 1.165) is 24.7 Å². The van der Waals surface area contributed by atoms with Gasteiger partial charge < -0.3 is 15.2 Å². The molecule has 1 saturated heterocycles. The van der Waals surface area contributed by atoms with Crippen molar-refractivity contribution in [3.63, 3.8) is 0 Å². The molecule has 44 heavy (non-hydrogen) atoms. The third kappa shape index (κ3) is 6.46. The lowest BCUT2D eigenvalue weighted by Crippen LogP contribution is -2.44. The topological polar surface area (TPSA) is 103 Å². The number of nitrogens with zero attached hydrogens (tertiary/aromatic N) is 6. The van der Waals surface area contributed by atoms with Gasteiger partial charge >= 0.3 is 6.18 Å². The number of hydrogen-bond donors (Lipinski definition) is 2. The first-order valence-corrected chi connectivity index (χ1v) is 14.3. The minimum absolute atomic E-state index is 0.163. The Labute approximate surface area is 252 Å². The highest BCUT2D eigenvalue weighted by Gasteiger charge is 2.34. The Morgan fingerprint density at radius 3 is 2.61 bits per heavy atom. The van der Waals surface area contributed by atoms with E-state index in [1.807, 2.05) is 24.9 Å². The molecule has 12 heteroatoms. The summed E-state index contributed by atoms with van der Waals surface area (Å²) in [6.45, 7) is 5.17. The molecule has 1 aliphatic heterocycles. The summed E-state index contributed by atoms with van der Waals surface area (Å²) < 4.78 is 42.3. The normalized spacial score (nSPS) is 14.7. The third-order valence-corrected chi connectivity index (χ3v) is 7.85. The lowest BCUT2D eigenvalue weighted by Gasteiger charge is -2.33. The second-order valence-corrected chi connectivity index (χ2v) is 11.1. The molecule has 0 amide bonds. The Hall–Kier alpha value is -4.68. The minimum Gasteiger partial charge on any atom is -0.340 e. The van der Waals surface area contributed by atoms with Crippen molar-refractivity contribution in [2.24, 2.45) is 0 Å². The van der Waals surface area contributed by atoms with Crippen LogP contribution in [0.3, 0.4) is 0 Å². The number of hydrogen-bond acceptors (Lipinski definition) is 8. The van der Waals surface area contributed by atoms with Gasteiger partial charge in [-0.3, -0.25) is 14.7 Å². The highest BCUT2D eigenvalue weighted by atomic mass is 19.4. The molecule has 0 bridgehead atoms. The predicted octanol–water partition coefficient (Wildman–Crippen LogP) is 5.66. The van der Waals surface area contributed by atoms with E-state index in [9.17, 15) is 18.0 Å². The molecule has 0 spiro atoms. The quantitative estimate of drug-likeness (QED) is 0.220. The number of aromatic nitrogens is 5. The summed E-state index contributed by atoms with van der Waals surface area (Å²) in [5, 5.41) is 3.30. The summed E-state index contributed by atoms with van der Waals surface area (Å²) in [7, 11) is 2.01. The minimum atomic E-state index is -4.52. The van der Waals surface area contributed by atoms with Gasteiger partial charge in [-0.2, -0.15) is 13.2 Å². The summed E-state index contributed by atoms with van der Waals surface area (Å²) >= 11 is 0. The van der Waals surface area contributed by atoms with Gasteiger partial charge in [0, 0.05) is 68.4 Å². The molecule has 0 radical (unpaired) electrons. The summed E-state index contributed by atoms with van der Waals surface area (Å²) in [6.07, 6.45) is 0.158. The second kappa shape index (κ2) is 12.1. The van der Waals surface area contributed by atoms with Crippen LogP contribution >= 0.6 is 0 Å². The molecule has 0 atom stereocenters. The van der Waals surface area contributed by atoms with Gasteiger partial charge in [-0.05, 0) is 54.9 Å². The van der Waals surface area contributed by atoms with Crippen molar-refractivity contribution in [3.05, 3.63) is 95.1 Å². The molecule has 226 valence electrons. The Morgan fingerprint density at radius 2 is 1.86 bits per heavy atom. The van der Waals surface area contributed by atoms with E-state index >= 15 is 0 Å². The number of fused-ring (bicyclic) bond motifs is 1. The van der Waals surface area contributed by atoms with Crippen LogP contribution in [-0.4, -0.2) is 73.7 Å². The predicted molar refractivity (Wildman–Crippen MR) is 162 cm³/mol. The van der Waals surface area contributed by atoms with Gasteiger partial charge in [-0.25, -0.2) is 15.0 Å². The molecule has 6 rings (SSSR count). The first-order chi connectivity index (χ1) is 21.1. The summed E-state index contributed by atoms with van der Waals surface area (Å²) in [4.78, 5) is 38.2. The van der Waals surface area contributed by atoms with Crippen molar-refractivity contribution in [1.29, 1.82) is 0 Å². The molecule has 9 nitrogen and oxygen atoms in total. The van der Waals surface area contributed by atoms with Crippen molar-refractivity contribution in [2.45, 2.75) is 26.1 Å². The summed E-state index contributed by atoms with van der Waals surface area (Å²) in [5.41, 5.74) is 3.46. The lowest BCUT2D eigenvalue weighted by atomic mass is 9.97. The number of H-pyrrole nitrogens is 1. The second-order valence-electron chi connectivity index (χ2n) is 11.1. The number of alkyl halides is 3. The number of carbonyl (C=O) groups excluding carboxylic acids is 1. The number of anilines is 2. The average Bonchev–Trinajstić information content (AvgIpc) is 3.49. The maximum atomic E-state index is 14.1. The zero-order valence-electron chi connectivity index (χ0n) is 24.3. The molecule has 2 aromatic carbocycles. The van der Waals surface area contributed by atoms with Crippen molar-refractivity contribution in [1.82, 2.24) is 34.7 Å². The van der Waals surface area contributed by atoms with Crippen molar-refractivity contribution in [2.75, 3.05) is 38.5 Å². The number of ketones is 1. The van der Waals surface area contributed by atoms with Crippen LogP contribution in [0.2, 0.25) is 0 Å². The molecule has 1 fully saturated rings. The number of piperazine rings is 1. The van der Waals surface area contributed by atoms with Crippen LogP contribution in [-0.2, 0) is 19.1 Å². The van der Waals surface area contributed by atoms with Gasteiger partial charge in [0.1, 0.15) is 5.52 Å². The van der Waals surface area contributed by atoms with Gasteiger partial charge in [-0.15, -0.1) is 0 Å². The third-order valence-electron chi connectivity index (χ3n) is 7.85. The van der Waals surface area contributed by atoms with Crippen LogP contribution < -0.4 is 5.32 Å². The van der Waals surface area contributed by atoms with Gasteiger partial charge in [0.05, 0.1) is 11.9 Å². The first-order valence-electron chi connectivity index (χ1n) is 14.3. The molecule has 0 aliphatic carbocycles. The average molecular weight is 601 g/mol. The lowest BCUT2D eigenvalue weighted by molar-refractivity contribution is -0.138.